The maximum atomic E-state index is 12.2. The molecule has 8 heteroatoms. The quantitative estimate of drug-likeness (QED) is 0.568. The minimum absolute atomic E-state index is 0.0603. The van der Waals surface area contributed by atoms with E-state index < -0.39 is 4.92 Å². The van der Waals surface area contributed by atoms with Gasteiger partial charge in [-0.05, 0) is 30.2 Å². The Kier molecular flexibility index (Phi) is 6.87. The van der Waals surface area contributed by atoms with Gasteiger partial charge >= 0.3 is 0 Å². The lowest BCUT2D eigenvalue weighted by Crippen LogP contribution is -2.37. The highest BCUT2D eigenvalue weighted by molar-refractivity contribution is 5.95. The van der Waals surface area contributed by atoms with Crippen molar-refractivity contribution in [1.29, 1.82) is 0 Å². The van der Waals surface area contributed by atoms with Gasteiger partial charge in [0.15, 0.2) is 6.61 Å². The number of nitrogens with zero attached hydrogens (tertiary/aromatic N) is 2. The topological polar surface area (TPSA) is 102 Å². The first-order chi connectivity index (χ1) is 12.9. The van der Waals surface area contributed by atoms with Crippen LogP contribution in [0.4, 0.5) is 11.4 Å². The van der Waals surface area contributed by atoms with Crippen molar-refractivity contribution in [1.82, 2.24) is 4.90 Å². The van der Waals surface area contributed by atoms with Crippen LogP contribution in [0.5, 0.6) is 5.75 Å². The molecular formula is C19H21N3O5. The van der Waals surface area contributed by atoms with Gasteiger partial charge in [0.05, 0.1) is 11.5 Å². The number of carbonyl (C=O) groups excluding carboxylic acids is 2. The lowest BCUT2D eigenvalue weighted by molar-refractivity contribution is -0.384. The molecule has 27 heavy (non-hydrogen) atoms. The van der Waals surface area contributed by atoms with Crippen LogP contribution in [0, 0.1) is 10.1 Å². The third kappa shape index (κ3) is 5.81. The number of aryl methyl sites for hydroxylation is 1. The SMILES string of the molecule is CCc1ccccc1NC(=O)CN(C)C(=O)COc1ccc([N+](=O)[O-])cc1. The van der Waals surface area contributed by atoms with Crippen molar-refractivity contribution < 1.29 is 19.2 Å². The van der Waals surface area contributed by atoms with Gasteiger partial charge in [-0.3, -0.25) is 19.7 Å². The highest BCUT2D eigenvalue weighted by atomic mass is 16.6. The fraction of sp³-hybridized carbons (Fsp3) is 0.263. The van der Waals surface area contributed by atoms with Crippen LogP contribution in [0.15, 0.2) is 48.5 Å². The molecule has 0 saturated heterocycles. The summed E-state index contributed by atoms with van der Waals surface area (Å²) in [4.78, 5) is 35.6. The van der Waals surface area contributed by atoms with Crippen LogP contribution >= 0.6 is 0 Å². The Balaban J connectivity index is 1.84. The maximum Gasteiger partial charge on any atom is 0.269 e. The predicted octanol–water partition coefficient (Wildman–Crippen LogP) is 2.63. The van der Waals surface area contributed by atoms with Crippen molar-refractivity contribution in [3.8, 4) is 5.75 Å². The highest BCUT2D eigenvalue weighted by Gasteiger charge is 2.15. The number of hydrogen-bond donors (Lipinski definition) is 1. The molecule has 8 nitrogen and oxygen atoms in total. The maximum absolute atomic E-state index is 12.2. The van der Waals surface area contributed by atoms with Gasteiger partial charge in [-0.25, -0.2) is 0 Å². The minimum Gasteiger partial charge on any atom is -0.484 e. The summed E-state index contributed by atoms with van der Waals surface area (Å²) in [5.41, 5.74) is 1.68. The van der Waals surface area contributed by atoms with Gasteiger partial charge in [-0.1, -0.05) is 25.1 Å². The van der Waals surface area contributed by atoms with Gasteiger partial charge in [-0.15, -0.1) is 0 Å². The summed E-state index contributed by atoms with van der Waals surface area (Å²) >= 11 is 0. The summed E-state index contributed by atoms with van der Waals surface area (Å²) in [5, 5.41) is 13.4. The summed E-state index contributed by atoms with van der Waals surface area (Å²) < 4.78 is 5.31. The number of nitro groups is 1. The fourth-order valence-corrected chi connectivity index (χ4v) is 2.36. The zero-order valence-electron chi connectivity index (χ0n) is 15.2. The van der Waals surface area contributed by atoms with Gasteiger partial charge < -0.3 is 15.0 Å². The first-order valence-electron chi connectivity index (χ1n) is 8.39. The Hall–Kier alpha value is -3.42. The average Bonchev–Trinajstić information content (AvgIpc) is 2.66. The Labute approximate surface area is 156 Å². The molecule has 0 aliphatic rings. The monoisotopic (exact) mass is 371 g/mol. The smallest absolute Gasteiger partial charge is 0.269 e. The third-order valence-electron chi connectivity index (χ3n) is 3.89. The van der Waals surface area contributed by atoms with Gasteiger partial charge in [0.2, 0.25) is 5.91 Å². The van der Waals surface area contributed by atoms with Gasteiger partial charge in [0.1, 0.15) is 5.75 Å². The largest absolute Gasteiger partial charge is 0.484 e. The molecule has 0 aromatic heterocycles. The van der Waals surface area contributed by atoms with Crippen molar-refractivity contribution >= 4 is 23.2 Å². The molecule has 0 fully saturated rings. The second-order valence-electron chi connectivity index (χ2n) is 5.85. The van der Waals surface area contributed by atoms with E-state index in [1.165, 1.54) is 36.2 Å². The molecule has 2 amide bonds. The average molecular weight is 371 g/mol. The molecule has 2 rings (SSSR count). The van der Waals surface area contributed by atoms with E-state index in [2.05, 4.69) is 5.32 Å². The number of para-hydroxylation sites is 1. The standard InChI is InChI=1S/C19H21N3O5/c1-3-14-6-4-5-7-17(14)20-18(23)12-21(2)19(24)13-27-16-10-8-15(9-11-16)22(25)26/h4-11H,3,12-13H2,1-2H3,(H,20,23). The van der Waals surface area contributed by atoms with Gasteiger partial charge in [-0.2, -0.15) is 0 Å². The normalized spacial score (nSPS) is 10.1. The number of nitro benzene ring substituents is 1. The number of nitrogens with one attached hydrogen (secondary N) is 1. The van der Waals surface area contributed by atoms with Crippen molar-refractivity contribution in [3.63, 3.8) is 0 Å². The molecule has 2 aromatic carbocycles. The second kappa shape index (κ2) is 9.33. The lowest BCUT2D eigenvalue weighted by Gasteiger charge is -2.18. The summed E-state index contributed by atoms with van der Waals surface area (Å²) in [6, 6.07) is 12.9. The van der Waals surface area contributed by atoms with Crippen LogP contribution in [-0.4, -0.2) is 41.8 Å². The summed E-state index contributed by atoms with van der Waals surface area (Å²) in [7, 11) is 1.51. The molecule has 0 aliphatic heterocycles. The number of likely N-dealkylation sites (N-methyl/N-ethyl adjacent to an activating group) is 1. The molecule has 0 spiro atoms. The molecule has 0 heterocycles. The van der Waals surface area contributed by atoms with E-state index in [9.17, 15) is 19.7 Å². The van der Waals surface area contributed by atoms with E-state index >= 15 is 0 Å². The van der Waals surface area contributed by atoms with E-state index in [0.717, 1.165) is 17.7 Å². The van der Waals surface area contributed by atoms with Gasteiger partial charge in [0, 0.05) is 24.9 Å². The molecule has 142 valence electrons. The fourth-order valence-electron chi connectivity index (χ4n) is 2.36. The molecule has 0 radical (unpaired) electrons. The van der Waals surface area contributed by atoms with Crippen LogP contribution < -0.4 is 10.1 Å². The zero-order chi connectivity index (χ0) is 19.8. The molecule has 0 saturated carbocycles. The minimum atomic E-state index is -0.516. The van der Waals surface area contributed by atoms with Crippen LogP contribution in [0.25, 0.3) is 0 Å². The zero-order valence-corrected chi connectivity index (χ0v) is 15.2. The number of ether oxygens (including phenoxy) is 1. The number of rotatable bonds is 8. The number of hydrogen-bond acceptors (Lipinski definition) is 5. The van der Waals surface area contributed by atoms with E-state index in [0.29, 0.717) is 5.75 Å². The summed E-state index contributed by atoms with van der Waals surface area (Å²) in [6.45, 7) is 1.61. The number of anilines is 1. The molecule has 2 aromatic rings. The molecule has 0 bridgehead atoms. The van der Waals surface area contributed by atoms with Gasteiger partial charge in [0.25, 0.3) is 11.6 Å². The number of carbonyl (C=O) groups is 2. The first-order valence-corrected chi connectivity index (χ1v) is 8.39. The van der Waals surface area contributed by atoms with E-state index in [-0.39, 0.29) is 30.7 Å². The van der Waals surface area contributed by atoms with E-state index in [4.69, 9.17) is 4.74 Å². The van der Waals surface area contributed by atoms with Crippen LogP contribution in [0.1, 0.15) is 12.5 Å². The summed E-state index contributed by atoms with van der Waals surface area (Å²) in [6.07, 6.45) is 0.786. The van der Waals surface area contributed by atoms with Crippen molar-refractivity contribution in [2.45, 2.75) is 13.3 Å². The number of amides is 2. The van der Waals surface area contributed by atoms with E-state index in [1.54, 1.807) is 0 Å². The molecule has 0 aliphatic carbocycles. The molecular weight excluding hydrogens is 350 g/mol. The molecule has 0 unspecified atom stereocenters. The lowest BCUT2D eigenvalue weighted by atomic mass is 10.1. The predicted molar refractivity (Wildman–Crippen MR) is 101 cm³/mol. The molecule has 0 atom stereocenters. The Bertz CT molecular complexity index is 820. The van der Waals surface area contributed by atoms with Crippen molar-refractivity contribution in [2.75, 3.05) is 25.5 Å². The Morgan fingerprint density at radius 3 is 2.44 bits per heavy atom. The van der Waals surface area contributed by atoms with Crippen LogP contribution in [-0.2, 0) is 16.0 Å². The van der Waals surface area contributed by atoms with Crippen molar-refractivity contribution in [3.05, 3.63) is 64.2 Å². The number of benzene rings is 2. The molecule has 1 N–H and O–H groups in total. The Morgan fingerprint density at radius 2 is 1.81 bits per heavy atom. The second-order valence-corrected chi connectivity index (χ2v) is 5.85. The van der Waals surface area contributed by atoms with E-state index in [1.807, 2.05) is 31.2 Å². The third-order valence-corrected chi connectivity index (χ3v) is 3.89. The summed E-state index contributed by atoms with van der Waals surface area (Å²) in [5.74, 6) is -0.349. The highest BCUT2D eigenvalue weighted by Crippen LogP contribution is 2.17. The number of non-ortho nitro benzene ring substituents is 1. The first kappa shape index (κ1) is 19.9. The van der Waals surface area contributed by atoms with Crippen LogP contribution in [0.2, 0.25) is 0 Å². The van der Waals surface area contributed by atoms with Crippen molar-refractivity contribution in [2.24, 2.45) is 0 Å². The Morgan fingerprint density at radius 1 is 1.15 bits per heavy atom. The van der Waals surface area contributed by atoms with Crippen LogP contribution in [0.3, 0.4) is 0 Å².